The molecule has 2 heteroatoms. The zero-order valence-corrected chi connectivity index (χ0v) is 9.45. The van der Waals surface area contributed by atoms with E-state index in [-0.39, 0.29) is 6.10 Å². The highest BCUT2D eigenvalue weighted by Gasteiger charge is 2.34. The Kier molecular flexibility index (Phi) is 3.13. The van der Waals surface area contributed by atoms with E-state index in [1.54, 1.807) is 0 Å². The molecule has 2 atom stereocenters. The maximum absolute atomic E-state index is 9.43. The summed E-state index contributed by atoms with van der Waals surface area (Å²) in [5, 5.41) is 9.43. The first-order chi connectivity index (χ1) is 6.66. The van der Waals surface area contributed by atoms with Gasteiger partial charge in [-0.15, -0.1) is 0 Å². The second-order valence-corrected chi connectivity index (χ2v) is 5.37. The number of nitrogens with zero attached hydrogens (tertiary/aromatic N) is 1. The number of hydrogen-bond donors (Lipinski definition) is 1. The van der Waals surface area contributed by atoms with Gasteiger partial charge in [0.2, 0.25) is 0 Å². The molecule has 0 aromatic heterocycles. The Morgan fingerprint density at radius 1 is 1.21 bits per heavy atom. The molecule has 2 rings (SSSR count). The average Bonchev–Trinajstić information content (AvgIpc) is 2.82. The van der Waals surface area contributed by atoms with Crippen LogP contribution in [0.4, 0.5) is 0 Å². The van der Waals surface area contributed by atoms with E-state index in [0.29, 0.717) is 0 Å². The van der Waals surface area contributed by atoms with Gasteiger partial charge >= 0.3 is 0 Å². The van der Waals surface area contributed by atoms with Crippen LogP contribution in [0.2, 0.25) is 0 Å². The summed E-state index contributed by atoms with van der Waals surface area (Å²) in [6.07, 6.45) is 5.82. The smallest absolute Gasteiger partial charge is 0.0541 e. The highest BCUT2D eigenvalue weighted by atomic mass is 16.3. The maximum atomic E-state index is 9.43. The highest BCUT2D eigenvalue weighted by molar-refractivity contribution is 4.87. The van der Waals surface area contributed by atoms with Gasteiger partial charge in [0.25, 0.3) is 0 Å². The Morgan fingerprint density at radius 3 is 2.29 bits per heavy atom. The minimum Gasteiger partial charge on any atom is -0.393 e. The van der Waals surface area contributed by atoms with Crippen molar-refractivity contribution in [2.75, 3.05) is 13.6 Å². The minimum atomic E-state index is -0.0144. The molecule has 1 N–H and O–H groups in total. The zero-order valence-electron chi connectivity index (χ0n) is 9.45. The number of rotatable bonds is 3. The van der Waals surface area contributed by atoms with Gasteiger partial charge in [-0.3, -0.25) is 0 Å². The molecule has 2 fully saturated rings. The van der Waals surface area contributed by atoms with Crippen LogP contribution in [0.3, 0.4) is 0 Å². The van der Waals surface area contributed by atoms with Gasteiger partial charge in [-0.1, -0.05) is 6.92 Å². The van der Waals surface area contributed by atoms with Crippen molar-refractivity contribution in [3.8, 4) is 0 Å². The van der Waals surface area contributed by atoms with Crippen molar-refractivity contribution in [2.24, 2.45) is 11.8 Å². The van der Waals surface area contributed by atoms with E-state index in [1.807, 2.05) is 0 Å². The van der Waals surface area contributed by atoms with E-state index >= 15 is 0 Å². The minimum absolute atomic E-state index is 0.0144. The second kappa shape index (κ2) is 4.19. The lowest BCUT2D eigenvalue weighted by molar-refractivity contribution is 0.0822. The van der Waals surface area contributed by atoms with E-state index < -0.39 is 0 Å². The fourth-order valence-electron chi connectivity index (χ4n) is 2.67. The highest BCUT2D eigenvalue weighted by Crippen LogP contribution is 2.38. The van der Waals surface area contributed by atoms with E-state index in [0.717, 1.165) is 30.7 Å². The molecular formula is C12H23NO. The molecule has 0 saturated heterocycles. The molecule has 2 saturated carbocycles. The maximum Gasteiger partial charge on any atom is 0.0541 e. The largest absolute Gasteiger partial charge is 0.393 e. The first-order valence-corrected chi connectivity index (χ1v) is 6.05. The lowest BCUT2D eigenvalue weighted by Crippen LogP contribution is -2.37. The summed E-state index contributed by atoms with van der Waals surface area (Å²) >= 11 is 0. The molecule has 2 aliphatic rings. The Hall–Kier alpha value is -0.0800. The van der Waals surface area contributed by atoms with Gasteiger partial charge in [-0.05, 0) is 51.0 Å². The lowest BCUT2D eigenvalue weighted by Gasteiger charge is -2.33. The van der Waals surface area contributed by atoms with Gasteiger partial charge in [0.1, 0.15) is 0 Å². The van der Waals surface area contributed by atoms with Crippen molar-refractivity contribution >= 4 is 0 Å². The van der Waals surface area contributed by atoms with Crippen molar-refractivity contribution in [1.29, 1.82) is 0 Å². The normalized spacial score (nSPS) is 42.9. The van der Waals surface area contributed by atoms with Crippen molar-refractivity contribution in [1.82, 2.24) is 4.90 Å². The lowest BCUT2D eigenvalue weighted by atomic mass is 9.92. The number of aliphatic hydroxyl groups excluding tert-OH is 1. The molecule has 0 spiro atoms. The monoisotopic (exact) mass is 197 g/mol. The summed E-state index contributed by atoms with van der Waals surface area (Å²) in [5.41, 5.74) is 0. The summed E-state index contributed by atoms with van der Waals surface area (Å²) in [6.45, 7) is 3.63. The van der Waals surface area contributed by atoms with Gasteiger partial charge < -0.3 is 10.0 Å². The zero-order chi connectivity index (χ0) is 10.1. The average molecular weight is 197 g/mol. The summed E-state index contributed by atoms with van der Waals surface area (Å²) in [6, 6.07) is 0.742. The predicted octanol–water partition coefficient (Wildman–Crippen LogP) is 1.88. The van der Waals surface area contributed by atoms with Crippen molar-refractivity contribution in [3.05, 3.63) is 0 Å². The van der Waals surface area contributed by atoms with Crippen LogP contribution in [0, 0.1) is 11.8 Å². The fraction of sp³-hybridized carbons (Fsp3) is 1.00. The molecular weight excluding hydrogens is 174 g/mol. The second-order valence-electron chi connectivity index (χ2n) is 5.37. The molecule has 82 valence electrons. The van der Waals surface area contributed by atoms with Crippen LogP contribution >= 0.6 is 0 Å². The molecule has 0 aliphatic heterocycles. The molecule has 0 aromatic carbocycles. The summed E-state index contributed by atoms with van der Waals surface area (Å²) in [5.74, 6) is 1.93. The first kappa shape index (κ1) is 10.4. The Balaban J connectivity index is 1.72. The van der Waals surface area contributed by atoms with Crippen LogP contribution in [0.5, 0.6) is 0 Å². The summed E-state index contributed by atoms with van der Waals surface area (Å²) in [7, 11) is 2.26. The topological polar surface area (TPSA) is 23.5 Å². The van der Waals surface area contributed by atoms with Crippen molar-refractivity contribution < 1.29 is 5.11 Å². The summed E-state index contributed by atoms with van der Waals surface area (Å²) < 4.78 is 0. The molecule has 2 aliphatic carbocycles. The van der Waals surface area contributed by atoms with Crippen molar-refractivity contribution in [2.45, 2.75) is 51.2 Å². The van der Waals surface area contributed by atoms with Gasteiger partial charge in [0.15, 0.2) is 0 Å². The molecule has 0 radical (unpaired) electrons. The Morgan fingerprint density at radius 2 is 1.79 bits per heavy atom. The van der Waals surface area contributed by atoms with E-state index in [1.165, 1.54) is 25.8 Å². The standard InChI is InChI=1S/C12H23NO/c1-9-7-10(9)8-13(2)11-3-5-12(14)6-4-11/h9-12,14H,3-8H2,1-2H3. The van der Waals surface area contributed by atoms with Crippen LogP contribution in [-0.2, 0) is 0 Å². The Bertz CT molecular complexity index is 187. The quantitative estimate of drug-likeness (QED) is 0.746. The van der Waals surface area contributed by atoms with E-state index in [2.05, 4.69) is 18.9 Å². The van der Waals surface area contributed by atoms with Gasteiger partial charge in [0.05, 0.1) is 6.10 Å². The number of hydrogen-bond acceptors (Lipinski definition) is 2. The van der Waals surface area contributed by atoms with E-state index in [4.69, 9.17) is 0 Å². The summed E-state index contributed by atoms with van der Waals surface area (Å²) in [4.78, 5) is 2.53. The third kappa shape index (κ3) is 2.48. The fourth-order valence-corrected chi connectivity index (χ4v) is 2.67. The molecule has 0 heterocycles. The third-order valence-corrected chi connectivity index (χ3v) is 4.09. The third-order valence-electron chi connectivity index (χ3n) is 4.09. The van der Waals surface area contributed by atoms with Gasteiger partial charge in [-0.25, -0.2) is 0 Å². The van der Waals surface area contributed by atoms with E-state index in [9.17, 15) is 5.11 Å². The molecule has 14 heavy (non-hydrogen) atoms. The first-order valence-electron chi connectivity index (χ1n) is 6.05. The molecule has 0 aromatic rings. The number of aliphatic hydroxyl groups is 1. The van der Waals surface area contributed by atoms with Crippen LogP contribution < -0.4 is 0 Å². The van der Waals surface area contributed by atoms with Crippen LogP contribution in [0.25, 0.3) is 0 Å². The predicted molar refractivity (Wildman–Crippen MR) is 58.2 cm³/mol. The molecule has 2 nitrogen and oxygen atoms in total. The van der Waals surface area contributed by atoms with Crippen LogP contribution in [-0.4, -0.2) is 35.7 Å². The van der Waals surface area contributed by atoms with Gasteiger partial charge in [-0.2, -0.15) is 0 Å². The SMILES string of the molecule is CC1CC1CN(C)C1CCC(O)CC1. The van der Waals surface area contributed by atoms with Gasteiger partial charge in [0, 0.05) is 12.6 Å². The van der Waals surface area contributed by atoms with Crippen molar-refractivity contribution in [3.63, 3.8) is 0 Å². The van der Waals surface area contributed by atoms with Crippen LogP contribution in [0.1, 0.15) is 39.0 Å². The molecule has 0 amide bonds. The molecule has 0 bridgehead atoms. The van der Waals surface area contributed by atoms with Crippen LogP contribution in [0.15, 0.2) is 0 Å². The molecule has 2 unspecified atom stereocenters. The Labute approximate surface area is 87.3 Å².